The molecule has 8 nitrogen and oxygen atoms in total. The van der Waals surface area contributed by atoms with E-state index < -0.39 is 0 Å². The van der Waals surface area contributed by atoms with Crippen LogP contribution in [0.15, 0.2) is 191 Å². The first kappa shape index (κ1) is 53.5. The van der Waals surface area contributed by atoms with Crippen molar-refractivity contribution in [1.82, 2.24) is 24.1 Å². The molecule has 14 rings (SSSR count). The first-order valence-corrected chi connectivity index (χ1v) is 28.6. The number of pyridine rings is 1. The van der Waals surface area contributed by atoms with Gasteiger partial charge in [-0.15, -0.1) is 23.8 Å². The number of nitrogens with zero attached hydrogens (tertiary/aromatic N) is 5. The van der Waals surface area contributed by atoms with Gasteiger partial charge in [0.2, 0.25) is 0 Å². The number of hydrogen-bond donors (Lipinski definition) is 0. The van der Waals surface area contributed by atoms with E-state index in [0.29, 0.717) is 45.2 Å². The Kier molecular flexibility index (Phi) is 13.6. The van der Waals surface area contributed by atoms with Crippen molar-refractivity contribution in [3.8, 4) is 67.9 Å². The summed E-state index contributed by atoms with van der Waals surface area (Å²) < 4.78 is 25.7. The molecule has 9 aromatic carbocycles. The Hall–Kier alpha value is -8.84. The zero-order chi connectivity index (χ0) is 56.1. The maximum Gasteiger partial charge on any atom is 2.00 e. The van der Waals surface area contributed by atoms with E-state index in [-0.39, 0.29) is 44.7 Å². The first-order valence-electron chi connectivity index (χ1n) is 28.6. The monoisotopic (exact) mass is 1260 g/mol. The van der Waals surface area contributed by atoms with Crippen molar-refractivity contribution in [2.24, 2.45) is 0 Å². The number of benzene rings is 9. The molecule has 0 saturated heterocycles. The van der Waals surface area contributed by atoms with Gasteiger partial charge in [0.1, 0.15) is 16.7 Å². The van der Waals surface area contributed by atoms with E-state index in [1.54, 1.807) is 0 Å². The fourth-order valence-electron chi connectivity index (χ4n) is 12.1. The molecule has 0 aliphatic carbocycles. The number of furan rings is 2. The van der Waals surface area contributed by atoms with Crippen molar-refractivity contribution in [3.63, 3.8) is 0 Å². The van der Waals surface area contributed by atoms with Crippen LogP contribution < -0.4 is 4.74 Å². The molecule has 0 saturated carbocycles. The van der Waals surface area contributed by atoms with Gasteiger partial charge >= 0.3 is 21.1 Å². The molecule has 9 heteroatoms. The third kappa shape index (κ3) is 9.15. The van der Waals surface area contributed by atoms with E-state index in [1.165, 1.54) is 44.5 Å². The first-order chi connectivity index (χ1) is 39.9. The SMILES string of the molecule is Cc1ccc2oc3c(ccc4oc5c(-c6nc7ccccc7n6-c6c(C(C)C)cc(-c7ccccc7)cc6C(C)C)[c-]c(Oc6[c-]c(-c7nc8ccccc8n7-c7c(C(C)C)cc(-c8ccccc8)cc7C(C)C)ccc6)cc5c43)c2n1.[Pt+2]. The average Bonchev–Trinajstić information content (AvgIpc) is 3.17. The summed E-state index contributed by atoms with van der Waals surface area (Å²) in [7, 11) is 0. The molecular weight excluding hydrogens is 1200 g/mol. The number of rotatable bonds is 12. The van der Waals surface area contributed by atoms with E-state index in [2.05, 4.69) is 210 Å². The van der Waals surface area contributed by atoms with Crippen LogP contribution in [-0.2, 0) is 21.1 Å². The van der Waals surface area contributed by atoms with E-state index in [0.717, 1.165) is 72.2 Å². The molecule has 0 atom stereocenters. The number of aromatic nitrogens is 5. The summed E-state index contributed by atoms with van der Waals surface area (Å²) in [5.41, 5.74) is 21.4. The second-order valence-corrected chi connectivity index (χ2v) is 23.0. The minimum Gasteiger partial charge on any atom is -0.500 e. The van der Waals surface area contributed by atoms with Crippen LogP contribution in [0.5, 0.6) is 11.5 Å². The molecule has 0 aliphatic rings. The smallest absolute Gasteiger partial charge is 0.500 e. The van der Waals surface area contributed by atoms with Gasteiger partial charge in [0.15, 0.2) is 5.58 Å². The van der Waals surface area contributed by atoms with Crippen LogP contribution >= 0.6 is 0 Å². The van der Waals surface area contributed by atoms with Gasteiger partial charge in [-0.05, 0) is 153 Å². The Labute approximate surface area is 497 Å². The average molecular weight is 1260 g/mol. The summed E-state index contributed by atoms with van der Waals surface area (Å²) in [5, 5.41) is 2.51. The summed E-state index contributed by atoms with van der Waals surface area (Å²) in [4.78, 5) is 15.9. The van der Waals surface area contributed by atoms with Gasteiger partial charge in [-0.2, -0.15) is 0 Å². The van der Waals surface area contributed by atoms with Crippen molar-refractivity contribution in [1.29, 1.82) is 0 Å². The van der Waals surface area contributed by atoms with Gasteiger partial charge in [-0.25, -0.2) is 4.98 Å². The van der Waals surface area contributed by atoms with Gasteiger partial charge in [0.05, 0.1) is 44.7 Å². The Bertz CT molecular complexity index is 4750. The minimum absolute atomic E-state index is 0. The maximum atomic E-state index is 7.16. The van der Waals surface area contributed by atoms with Crippen LogP contribution in [0.1, 0.15) is 107 Å². The molecule has 0 bridgehead atoms. The Morgan fingerprint density at radius 2 is 0.940 bits per heavy atom. The minimum atomic E-state index is 0. The molecule has 14 aromatic rings. The van der Waals surface area contributed by atoms with Gasteiger partial charge < -0.3 is 22.7 Å². The summed E-state index contributed by atoms with van der Waals surface area (Å²) in [6.07, 6.45) is 0. The third-order valence-corrected chi connectivity index (χ3v) is 16.1. The van der Waals surface area contributed by atoms with Gasteiger partial charge in [0.25, 0.3) is 0 Å². The molecule has 5 heterocycles. The molecule has 0 unspecified atom stereocenters. The van der Waals surface area contributed by atoms with E-state index in [4.69, 9.17) is 28.5 Å². The second kappa shape index (κ2) is 21.2. The topological polar surface area (TPSA) is 84.0 Å². The quantitative estimate of drug-likeness (QED) is 0.113. The molecule has 410 valence electrons. The number of para-hydroxylation sites is 4. The van der Waals surface area contributed by atoms with Crippen LogP contribution in [0.3, 0.4) is 0 Å². The van der Waals surface area contributed by atoms with Crippen molar-refractivity contribution in [2.45, 2.75) is 86.0 Å². The fraction of sp³-hybridized carbons (Fsp3) is 0.176. The van der Waals surface area contributed by atoms with Crippen LogP contribution in [0, 0.1) is 19.1 Å². The standard InChI is InChI=1S/C74H61N5O3.Pt/c1-42(2)55-36-50(47-21-12-10-13-22-47)37-56(43(3)4)69(55)78-63-29-18-16-27-61(63)76-73(78)49-25-20-26-52(35-49)80-53-40-59-67-65(34-32-54-68-66(82-72(54)67)33-31-46(9)75-68)81-71(59)60(41-53)74-77-62-28-17-19-30-64(62)79(74)70-57(44(5)6)38-51(39-58(70)45(7)8)48-23-14-11-15-24-48;/h10-34,36-40,42-45H,1-9H3;/q-2;+2. The van der Waals surface area contributed by atoms with E-state index in [9.17, 15) is 0 Å². The van der Waals surface area contributed by atoms with Crippen LogP contribution in [0.25, 0.3) is 122 Å². The summed E-state index contributed by atoms with van der Waals surface area (Å²) >= 11 is 0. The molecule has 0 fully saturated rings. The summed E-state index contributed by atoms with van der Waals surface area (Å²) in [6, 6.07) is 71.2. The van der Waals surface area contributed by atoms with Crippen LogP contribution in [-0.4, -0.2) is 24.1 Å². The van der Waals surface area contributed by atoms with Crippen LogP contribution in [0.2, 0.25) is 0 Å². The Morgan fingerprint density at radius 1 is 0.434 bits per heavy atom. The number of fused-ring (bicyclic) bond motifs is 9. The molecular formula is C74H61N5O3Pt. The summed E-state index contributed by atoms with van der Waals surface area (Å²) in [6.45, 7) is 20.2. The molecule has 0 N–H and O–H groups in total. The molecule has 0 spiro atoms. The summed E-state index contributed by atoms with van der Waals surface area (Å²) in [5.74, 6) is 3.14. The zero-order valence-corrected chi connectivity index (χ0v) is 50.2. The number of hydrogen-bond acceptors (Lipinski definition) is 6. The largest absolute Gasteiger partial charge is 2.00 e. The van der Waals surface area contributed by atoms with Crippen molar-refractivity contribution < 1.29 is 34.6 Å². The van der Waals surface area contributed by atoms with E-state index >= 15 is 0 Å². The molecule has 83 heavy (non-hydrogen) atoms. The third-order valence-electron chi connectivity index (χ3n) is 16.1. The molecule has 0 aliphatic heterocycles. The van der Waals surface area contributed by atoms with Crippen molar-refractivity contribution in [3.05, 3.63) is 222 Å². The van der Waals surface area contributed by atoms with Gasteiger partial charge in [-0.3, -0.25) is 9.97 Å². The Morgan fingerprint density at radius 3 is 1.51 bits per heavy atom. The predicted molar refractivity (Wildman–Crippen MR) is 335 cm³/mol. The molecule has 0 radical (unpaired) electrons. The van der Waals surface area contributed by atoms with Gasteiger partial charge in [0, 0.05) is 34.0 Å². The van der Waals surface area contributed by atoms with Crippen molar-refractivity contribution in [2.75, 3.05) is 0 Å². The zero-order valence-electron chi connectivity index (χ0n) is 47.9. The second-order valence-electron chi connectivity index (χ2n) is 23.0. The van der Waals surface area contributed by atoms with Crippen LogP contribution in [0.4, 0.5) is 0 Å². The normalized spacial score (nSPS) is 12.0. The molecule has 0 amide bonds. The van der Waals surface area contributed by atoms with Crippen molar-refractivity contribution >= 4 is 66.1 Å². The fourth-order valence-corrected chi connectivity index (χ4v) is 12.1. The Balaban J connectivity index is 0.00000645. The molecule has 5 aromatic heterocycles. The number of aryl methyl sites for hydroxylation is 1. The number of ether oxygens (including phenoxy) is 1. The maximum absolute atomic E-state index is 7.16. The van der Waals surface area contributed by atoms with Gasteiger partial charge in [-0.1, -0.05) is 164 Å². The predicted octanol–water partition coefficient (Wildman–Crippen LogP) is 20.4. The van der Waals surface area contributed by atoms with E-state index in [1.807, 2.05) is 55.5 Å². The number of imidazole rings is 2.